The molecule has 0 aliphatic carbocycles. The topological polar surface area (TPSA) is 72.1 Å². The van der Waals surface area contributed by atoms with Crippen LogP contribution in [0.1, 0.15) is 25.2 Å². The van der Waals surface area contributed by atoms with Crippen LogP contribution in [0.15, 0.2) is 28.9 Å². The predicted molar refractivity (Wildman–Crippen MR) is 67.1 cm³/mol. The molecule has 0 N–H and O–H groups in total. The number of carbonyl (C=O) groups excluding carboxylic acids is 1. The molecule has 1 fully saturated rings. The van der Waals surface area contributed by atoms with Gasteiger partial charge in [0.05, 0.1) is 5.92 Å². The largest absolute Gasteiger partial charge is 0.420 e. The van der Waals surface area contributed by atoms with Gasteiger partial charge in [-0.3, -0.25) is 9.78 Å². The Labute approximate surface area is 110 Å². The molecule has 0 radical (unpaired) electrons. The van der Waals surface area contributed by atoms with E-state index in [-0.39, 0.29) is 11.8 Å². The first-order valence-electron chi connectivity index (χ1n) is 6.23. The minimum atomic E-state index is 0.0939. The van der Waals surface area contributed by atoms with Crippen LogP contribution in [0.5, 0.6) is 0 Å². The van der Waals surface area contributed by atoms with E-state index in [0.29, 0.717) is 18.3 Å². The van der Waals surface area contributed by atoms with E-state index in [1.807, 2.05) is 12.1 Å². The van der Waals surface area contributed by atoms with E-state index in [0.717, 1.165) is 18.5 Å². The van der Waals surface area contributed by atoms with Crippen LogP contribution < -0.4 is 0 Å². The van der Waals surface area contributed by atoms with Gasteiger partial charge in [0.2, 0.25) is 17.7 Å². The molecule has 1 aliphatic rings. The second-order valence-electron chi connectivity index (χ2n) is 4.63. The number of hydrogen-bond donors (Lipinski definition) is 0. The molecule has 0 spiro atoms. The molecule has 19 heavy (non-hydrogen) atoms. The minimum Gasteiger partial charge on any atom is -0.420 e. The third-order valence-electron chi connectivity index (χ3n) is 3.35. The molecule has 6 heteroatoms. The fourth-order valence-corrected chi connectivity index (χ4v) is 2.26. The van der Waals surface area contributed by atoms with E-state index >= 15 is 0 Å². The van der Waals surface area contributed by atoms with Crippen molar-refractivity contribution in [3.05, 3.63) is 30.4 Å². The minimum absolute atomic E-state index is 0.0939. The number of aromatic nitrogens is 3. The first-order chi connectivity index (χ1) is 9.24. The molecule has 98 valence electrons. The number of amides is 1. The molecule has 0 saturated carbocycles. The number of carbonyl (C=O) groups is 1. The van der Waals surface area contributed by atoms with Crippen LogP contribution in [0.4, 0.5) is 0 Å². The smallest absolute Gasteiger partial charge is 0.247 e. The normalized spacial score (nSPS) is 18.8. The lowest BCUT2D eigenvalue weighted by molar-refractivity contribution is -0.127. The number of rotatable bonds is 2. The second-order valence-corrected chi connectivity index (χ2v) is 4.63. The maximum Gasteiger partial charge on any atom is 0.247 e. The fourth-order valence-electron chi connectivity index (χ4n) is 2.26. The maximum absolute atomic E-state index is 11.3. The summed E-state index contributed by atoms with van der Waals surface area (Å²) in [5, 5.41) is 8.15. The summed E-state index contributed by atoms with van der Waals surface area (Å²) in [5.74, 6) is 1.34. The van der Waals surface area contributed by atoms with Gasteiger partial charge in [0.1, 0.15) is 0 Å². The second kappa shape index (κ2) is 4.79. The molecule has 0 bridgehead atoms. The zero-order valence-corrected chi connectivity index (χ0v) is 10.6. The lowest BCUT2D eigenvalue weighted by atomic mass is 10.1. The summed E-state index contributed by atoms with van der Waals surface area (Å²) in [6, 6.07) is 3.65. The standard InChI is InChI=1S/C13H14N4O2/c1-9(18)17-7-4-11(8-17)13-16-15-12(19-13)10-2-5-14-6-3-10/h2-3,5-6,11H,4,7-8H2,1H3/t11-/m0/s1. The van der Waals surface area contributed by atoms with Gasteiger partial charge < -0.3 is 9.32 Å². The van der Waals surface area contributed by atoms with Gasteiger partial charge >= 0.3 is 0 Å². The van der Waals surface area contributed by atoms with Crippen LogP contribution in [0.25, 0.3) is 11.5 Å². The Morgan fingerprint density at radius 3 is 2.84 bits per heavy atom. The van der Waals surface area contributed by atoms with Crippen LogP contribution in [0.3, 0.4) is 0 Å². The average Bonchev–Trinajstić information content (AvgIpc) is 3.09. The van der Waals surface area contributed by atoms with Gasteiger partial charge in [-0.25, -0.2) is 0 Å². The van der Waals surface area contributed by atoms with Crippen molar-refractivity contribution in [2.45, 2.75) is 19.3 Å². The van der Waals surface area contributed by atoms with Crippen molar-refractivity contribution in [2.24, 2.45) is 0 Å². The Morgan fingerprint density at radius 1 is 1.37 bits per heavy atom. The quantitative estimate of drug-likeness (QED) is 0.815. The van der Waals surface area contributed by atoms with Crippen LogP contribution >= 0.6 is 0 Å². The third-order valence-corrected chi connectivity index (χ3v) is 3.35. The lowest BCUT2D eigenvalue weighted by Crippen LogP contribution is -2.25. The molecule has 3 heterocycles. The Kier molecular flexibility index (Phi) is 2.98. The van der Waals surface area contributed by atoms with Crippen LogP contribution in [0.2, 0.25) is 0 Å². The van der Waals surface area contributed by atoms with E-state index in [1.165, 1.54) is 0 Å². The van der Waals surface area contributed by atoms with Gasteiger partial charge in [0.25, 0.3) is 0 Å². The van der Waals surface area contributed by atoms with E-state index < -0.39 is 0 Å². The molecule has 6 nitrogen and oxygen atoms in total. The molecular formula is C13H14N4O2. The predicted octanol–water partition coefficient (Wildman–Crippen LogP) is 1.47. The van der Waals surface area contributed by atoms with Crippen LogP contribution in [0, 0.1) is 0 Å². The van der Waals surface area contributed by atoms with Crippen LogP contribution in [-0.4, -0.2) is 39.1 Å². The first kappa shape index (κ1) is 11.8. The van der Waals surface area contributed by atoms with Gasteiger partial charge in [-0.1, -0.05) is 0 Å². The number of nitrogens with zero attached hydrogens (tertiary/aromatic N) is 4. The van der Waals surface area contributed by atoms with Crippen molar-refractivity contribution >= 4 is 5.91 Å². The molecular weight excluding hydrogens is 244 g/mol. The van der Waals surface area contributed by atoms with Gasteiger partial charge in [0.15, 0.2) is 0 Å². The zero-order chi connectivity index (χ0) is 13.2. The first-order valence-corrected chi connectivity index (χ1v) is 6.23. The fraction of sp³-hybridized carbons (Fsp3) is 0.385. The lowest BCUT2D eigenvalue weighted by Gasteiger charge is -2.11. The average molecular weight is 258 g/mol. The molecule has 1 amide bonds. The number of hydrogen-bond acceptors (Lipinski definition) is 5. The highest BCUT2D eigenvalue weighted by atomic mass is 16.4. The highest BCUT2D eigenvalue weighted by Crippen LogP contribution is 2.28. The Morgan fingerprint density at radius 2 is 2.16 bits per heavy atom. The van der Waals surface area contributed by atoms with Gasteiger partial charge in [0, 0.05) is 38.0 Å². The van der Waals surface area contributed by atoms with E-state index in [4.69, 9.17) is 4.42 Å². The highest BCUT2D eigenvalue weighted by molar-refractivity contribution is 5.73. The van der Waals surface area contributed by atoms with Crippen molar-refractivity contribution in [2.75, 3.05) is 13.1 Å². The SMILES string of the molecule is CC(=O)N1CC[C@H](c2nnc(-c3ccncc3)o2)C1. The highest BCUT2D eigenvalue weighted by Gasteiger charge is 2.29. The molecule has 3 rings (SSSR count). The van der Waals surface area contributed by atoms with Gasteiger partial charge in [-0.2, -0.15) is 0 Å². The molecule has 0 aromatic carbocycles. The third kappa shape index (κ3) is 2.33. The molecule has 1 aliphatic heterocycles. The molecule has 1 atom stereocenters. The van der Waals surface area contributed by atoms with E-state index in [9.17, 15) is 4.79 Å². The summed E-state index contributed by atoms with van der Waals surface area (Å²) in [6.07, 6.45) is 4.25. The van der Waals surface area contributed by atoms with Crippen molar-refractivity contribution in [3.63, 3.8) is 0 Å². The van der Waals surface area contributed by atoms with Crippen LogP contribution in [-0.2, 0) is 4.79 Å². The van der Waals surface area contributed by atoms with Crippen molar-refractivity contribution in [1.82, 2.24) is 20.1 Å². The summed E-state index contributed by atoms with van der Waals surface area (Å²) < 4.78 is 5.69. The van der Waals surface area contributed by atoms with E-state index in [1.54, 1.807) is 24.2 Å². The summed E-state index contributed by atoms with van der Waals surface area (Å²) in [6.45, 7) is 3.00. The number of pyridine rings is 1. The summed E-state index contributed by atoms with van der Waals surface area (Å²) in [4.78, 5) is 17.1. The molecule has 2 aromatic heterocycles. The summed E-state index contributed by atoms with van der Waals surface area (Å²) in [7, 11) is 0. The maximum atomic E-state index is 11.3. The molecule has 0 unspecified atom stereocenters. The van der Waals surface area contributed by atoms with Gasteiger partial charge in [-0.15, -0.1) is 10.2 Å². The Hall–Kier alpha value is -2.24. The zero-order valence-electron chi connectivity index (χ0n) is 10.6. The number of likely N-dealkylation sites (tertiary alicyclic amines) is 1. The van der Waals surface area contributed by atoms with Gasteiger partial charge in [-0.05, 0) is 18.6 Å². The summed E-state index contributed by atoms with van der Waals surface area (Å²) >= 11 is 0. The van der Waals surface area contributed by atoms with Crippen molar-refractivity contribution in [1.29, 1.82) is 0 Å². The van der Waals surface area contributed by atoms with E-state index in [2.05, 4.69) is 15.2 Å². The van der Waals surface area contributed by atoms with Crippen molar-refractivity contribution < 1.29 is 9.21 Å². The van der Waals surface area contributed by atoms with Crippen molar-refractivity contribution in [3.8, 4) is 11.5 Å². The summed E-state index contributed by atoms with van der Waals surface area (Å²) in [5.41, 5.74) is 0.857. The monoisotopic (exact) mass is 258 g/mol. The molecule has 1 saturated heterocycles. The Balaban J connectivity index is 1.78. The Bertz CT molecular complexity index is 581. The molecule has 2 aromatic rings.